The van der Waals surface area contributed by atoms with E-state index >= 15 is 0 Å². The van der Waals surface area contributed by atoms with Crippen LogP contribution in [0.4, 0.5) is 0 Å². The molecule has 0 amide bonds. The SMILES string of the molecule is COCO[C@H]1CC2=C([Si](C)(C)C)C(=O)C[C@@H]2C1. The van der Waals surface area contributed by atoms with Crippen molar-refractivity contribution < 1.29 is 14.3 Å². The molecule has 0 aromatic carbocycles. The molecule has 0 N–H and O–H groups in total. The quantitative estimate of drug-likeness (QED) is 0.571. The minimum Gasteiger partial charge on any atom is -0.359 e. The van der Waals surface area contributed by atoms with Crippen molar-refractivity contribution >= 4 is 13.9 Å². The Balaban J connectivity index is 2.15. The second-order valence-corrected chi connectivity index (χ2v) is 11.1. The fourth-order valence-electron chi connectivity index (χ4n) is 3.16. The van der Waals surface area contributed by atoms with E-state index in [9.17, 15) is 4.79 Å². The van der Waals surface area contributed by atoms with Crippen LogP contribution in [0.1, 0.15) is 19.3 Å². The summed E-state index contributed by atoms with van der Waals surface area (Å²) in [6, 6.07) is 0. The Kier molecular flexibility index (Phi) is 3.57. The third kappa shape index (κ3) is 2.54. The lowest BCUT2D eigenvalue weighted by Crippen LogP contribution is -2.28. The molecule has 0 heterocycles. The van der Waals surface area contributed by atoms with Crippen molar-refractivity contribution in [1.29, 1.82) is 0 Å². The third-order valence-electron chi connectivity index (χ3n) is 3.69. The molecule has 0 aromatic rings. The molecule has 4 heteroatoms. The Bertz CT molecular complexity index is 354. The number of carbonyl (C=O) groups is 1. The zero-order chi connectivity index (χ0) is 12.6. The lowest BCUT2D eigenvalue weighted by atomic mass is 10.1. The lowest BCUT2D eigenvalue weighted by Gasteiger charge is -2.19. The van der Waals surface area contributed by atoms with Crippen LogP contribution in [0.2, 0.25) is 19.6 Å². The van der Waals surface area contributed by atoms with Gasteiger partial charge in [-0.25, -0.2) is 0 Å². The number of methoxy groups -OCH3 is 1. The first-order valence-corrected chi connectivity index (χ1v) is 9.80. The molecule has 0 saturated heterocycles. The Labute approximate surface area is 104 Å². The van der Waals surface area contributed by atoms with E-state index in [0.717, 1.165) is 19.3 Å². The number of Topliss-reactive ketones (excluding diaryl/α,β-unsaturated/α-hetero) is 1. The summed E-state index contributed by atoms with van der Waals surface area (Å²) in [6.45, 7) is 7.15. The maximum atomic E-state index is 12.1. The van der Waals surface area contributed by atoms with Gasteiger partial charge in [-0.1, -0.05) is 25.2 Å². The molecule has 0 unspecified atom stereocenters. The van der Waals surface area contributed by atoms with E-state index in [-0.39, 0.29) is 6.10 Å². The summed E-state index contributed by atoms with van der Waals surface area (Å²) in [7, 11) is 0.154. The van der Waals surface area contributed by atoms with Gasteiger partial charge in [-0.3, -0.25) is 4.79 Å². The van der Waals surface area contributed by atoms with Crippen LogP contribution in [-0.2, 0) is 14.3 Å². The van der Waals surface area contributed by atoms with Gasteiger partial charge < -0.3 is 9.47 Å². The van der Waals surface area contributed by atoms with Crippen LogP contribution >= 0.6 is 0 Å². The molecular formula is C13H22O3Si. The second-order valence-electron chi connectivity index (χ2n) is 6.11. The van der Waals surface area contributed by atoms with Crippen LogP contribution in [0.15, 0.2) is 10.8 Å². The number of rotatable bonds is 4. The molecule has 1 fully saturated rings. The minimum absolute atomic E-state index is 0.259. The van der Waals surface area contributed by atoms with E-state index in [1.165, 1.54) is 10.8 Å². The van der Waals surface area contributed by atoms with E-state index in [1.54, 1.807) is 7.11 Å². The highest BCUT2D eigenvalue weighted by molar-refractivity contribution is 6.87. The lowest BCUT2D eigenvalue weighted by molar-refractivity contribution is -0.115. The molecule has 2 aliphatic rings. The van der Waals surface area contributed by atoms with E-state index in [2.05, 4.69) is 19.6 Å². The van der Waals surface area contributed by atoms with Crippen molar-refractivity contribution in [1.82, 2.24) is 0 Å². The molecule has 2 atom stereocenters. The zero-order valence-electron chi connectivity index (χ0n) is 11.2. The third-order valence-corrected chi connectivity index (χ3v) is 5.79. The van der Waals surface area contributed by atoms with Crippen LogP contribution in [0.25, 0.3) is 0 Å². The molecule has 1 saturated carbocycles. The van der Waals surface area contributed by atoms with Gasteiger partial charge in [0.05, 0.1) is 14.2 Å². The van der Waals surface area contributed by atoms with Crippen LogP contribution in [-0.4, -0.2) is 33.9 Å². The number of fused-ring (bicyclic) bond motifs is 1. The molecule has 0 aliphatic heterocycles. The van der Waals surface area contributed by atoms with Gasteiger partial charge in [0.2, 0.25) is 0 Å². The van der Waals surface area contributed by atoms with Crippen molar-refractivity contribution in [3.8, 4) is 0 Å². The zero-order valence-corrected chi connectivity index (χ0v) is 12.2. The number of hydrogen-bond donors (Lipinski definition) is 0. The van der Waals surface area contributed by atoms with Gasteiger partial charge in [0.15, 0.2) is 5.78 Å². The molecule has 0 aromatic heterocycles. The predicted octanol–water partition coefficient (Wildman–Crippen LogP) is 2.53. The van der Waals surface area contributed by atoms with Gasteiger partial charge in [-0.2, -0.15) is 0 Å². The first-order chi connectivity index (χ1) is 7.93. The smallest absolute Gasteiger partial charge is 0.155 e. The fourth-order valence-corrected chi connectivity index (χ4v) is 5.37. The monoisotopic (exact) mass is 254 g/mol. The molecule has 3 nitrogen and oxygen atoms in total. The Morgan fingerprint density at radius 1 is 1.29 bits per heavy atom. The highest BCUT2D eigenvalue weighted by atomic mass is 28.3. The Hall–Kier alpha value is -0.453. The molecule has 17 heavy (non-hydrogen) atoms. The van der Waals surface area contributed by atoms with E-state index in [0.29, 0.717) is 18.5 Å². The van der Waals surface area contributed by atoms with Crippen molar-refractivity contribution in [2.24, 2.45) is 5.92 Å². The molecule has 0 radical (unpaired) electrons. The Morgan fingerprint density at radius 3 is 2.59 bits per heavy atom. The normalized spacial score (nSPS) is 29.1. The van der Waals surface area contributed by atoms with Gasteiger partial charge in [-0.15, -0.1) is 0 Å². The number of ether oxygens (including phenoxy) is 2. The van der Waals surface area contributed by atoms with E-state index in [1.807, 2.05) is 0 Å². The topological polar surface area (TPSA) is 35.5 Å². The molecule has 0 spiro atoms. The number of hydrogen-bond acceptors (Lipinski definition) is 3. The number of allylic oxidation sites excluding steroid dienone is 1. The van der Waals surface area contributed by atoms with Crippen LogP contribution in [0.3, 0.4) is 0 Å². The maximum Gasteiger partial charge on any atom is 0.155 e. The van der Waals surface area contributed by atoms with Crippen molar-refractivity contribution in [2.45, 2.75) is 45.0 Å². The highest BCUT2D eigenvalue weighted by Crippen LogP contribution is 2.45. The van der Waals surface area contributed by atoms with Gasteiger partial charge in [0, 0.05) is 13.5 Å². The van der Waals surface area contributed by atoms with Gasteiger partial charge in [0.1, 0.15) is 6.79 Å². The average Bonchev–Trinajstić information content (AvgIpc) is 2.68. The van der Waals surface area contributed by atoms with Gasteiger partial charge in [-0.05, 0) is 24.0 Å². The second kappa shape index (κ2) is 4.67. The molecule has 96 valence electrons. The fraction of sp³-hybridized carbons (Fsp3) is 0.769. The molecule has 0 bridgehead atoms. The van der Waals surface area contributed by atoms with Gasteiger partial charge >= 0.3 is 0 Å². The largest absolute Gasteiger partial charge is 0.359 e. The number of carbonyl (C=O) groups excluding carboxylic acids is 1. The molecule has 2 aliphatic carbocycles. The minimum atomic E-state index is -1.49. The summed E-state index contributed by atoms with van der Waals surface area (Å²) < 4.78 is 10.6. The van der Waals surface area contributed by atoms with E-state index < -0.39 is 8.07 Å². The number of ketones is 1. The van der Waals surface area contributed by atoms with Crippen LogP contribution in [0.5, 0.6) is 0 Å². The summed E-state index contributed by atoms with van der Waals surface area (Å²) in [5, 5.41) is 1.20. The Morgan fingerprint density at radius 2 is 2.00 bits per heavy atom. The van der Waals surface area contributed by atoms with Crippen LogP contribution < -0.4 is 0 Å². The summed E-state index contributed by atoms with van der Waals surface area (Å²) in [6.07, 6.45) is 2.92. The first kappa shape index (κ1) is 13.0. The molecular weight excluding hydrogens is 232 g/mol. The molecule has 2 rings (SSSR count). The summed E-state index contributed by atoms with van der Waals surface area (Å²) in [5.74, 6) is 0.875. The van der Waals surface area contributed by atoms with E-state index in [4.69, 9.17) is 9.47 Å². The van der Waals surface area contributed by atoms with Crippen LogP contribution in [0, 0.1) is 5.92 Å². The first-order valence-electron chi connectivity index (χ1n) is 6.30. The van der Waals surface area contributed by atoms with Crippen molar-refractivity contribution in [3.05, 3.63) is 10.8 Å². The van der Waals surface area contributed by atoms with Crippen molar-refractivity contribution in [3.63, 3.8) is 0 Å². The highest BCUT2D eigenvalue weighted by Gasteiger charge is 2.43. The predicted molar refractivity (Wildman–Crippen MR) is 69.5 cm³/mol. The summed E-state index contributed by atoms with van der Waals surface area (Å²) >= 11 is 0. The van der Waals surface area contributed by atoms with Gasteiger partial charge in [0.25, 0.3) is 0 Å². The van der Waals surface area contributed by atoms with Crippen molar-refractivity contribution in [2.75, 3.05) is 13.9 Å². The summed E-state index contributed by atoms with van der Waals surface area (Å²) in [4.78, 5) is 12.1. The average molecular weight is 254 g/mol. The standard InChI is InChI=1S/C13H22O3Si/c1-15-8-16-10-5-9-6-12(14)13(11(9)7-10)17(2,3)4/h9-10H,5-8H2,1-4H3/t9-,10+/m0/s1. The maximum absolute atomic E-state index is 12.1. The summed E-state index contributed by atoms with van der Waals surface area (Å²) in [5.41, 5.74) is 1.41.